The van der Waals surface area contributed by atoms with Crippen molar-refractivity contribution in [3.05, 3.63) is 29.8 Å². The predicted molar refractivity (Wildman–Crippen MR) is 70.2 cm³/mol. The molecule has 0 bridgehead atoms. The highest BCUT2D eigenvalue weighted by atomic mass is 16.5. The van der Waals surface area contributed by atoms with Crippen molar-refractivity contribution in [1.29, 1.82) is 0 Å². The van der Waals surface area contributed by atoms with Crippen LogP contribution in [0.3, 0.4) is 0 Å². The summed E-state index contributed by atoms with van der Waals surface area (Å²) in [6.45, 7) is 1.54. The van der Waals surface area contributed by atoms with E-state index in [-0.39, 0.29) is 23.8 Å². The maximum atomic E-state index is 11.4. The molecule has 0 heterocycles. The van der Waals surface area contributed by atoms with Gasteiger partial charge >= 0.3 is 5.97 Å². The summed E-state index contributed by atoms with van der Waals surface area (Å²) < 4.78 is 10.6. The topological polar surface area (TPSA) is 52.6 Å². The number of hydrogen-bond donors (Lipinski definition) is 0. The van der Waals surface area contributed by atoms with Gasteiger partial charge in [-0.3, -0.25) is 9.59 Å². The number of methoxy groups -OCH3 is 1. The lowest BCUT2D eigenvalue weighted by Crippen LogP contribution is -2.17. The van der Waals surface area contributed by atoms with Gasteiger partial charge in [-0.2, -0.15) is 0 Å². The van der Waals surface area contributed by atoms with Gasteiger partial charge in [0.1, 0.15) is 5.75 Å². The summed E-state index contributed by atoms with van der Waals surface area (Å²) in [6, 6.07) is 7.10. The standard InChI is InChI=1S/C15H18O4/c1-10(16)11-3-6-13(7-4-11)19-14-8-5-12(9-14)15(17)18-2/h3-4,6-7,12,14H,5,8-9H2,1-2H3/t12-,14+/m0/s1. The van der Waals surface area contributed by atoms with Crippen LogP contribution in [0.15, 0.2) is 24.3 Å². The van der Waals surface area contributed by atoms with Gasteiger partial charge in [0.2, 0.25) is 0 Å². The zero-order valence-corrected chi connectivity index (χ0v) is 11.2. The normalized spacial score (nSPS) is 22.0. The van der Waals surface area contributed by atoms with Gasteiger partial charge in [-0.15, -0.1) is 0 Å². The first-order valence-electron chi connectivity index (χ1n) is 6.45. The molecule has 2 rings (SSSR count). The van der Waals surface area contributed by atoms with E-state index in [1.807, 2.05) is 0 Å². The van der Waals surface area contributed by atoms with Crippen LogP contribution in [0.5, 0.6) is 5.75 Å². The number of carbonyl (C=O) groups is 2. The fourth-order valence-corrected chi connectivity index (χ4v) is 2.39. The van der Waals surface area contributed by atoms with Gasteiger partial charge in [0, 0.05) is 5.56 Å². The van der Waals surface area contributed by atoms with E-state index in [1.165, 1.54) is 14.0 Å². The van der Waals surface area contributed by atoms with E-state index >= 15 is 0 Å². The molecule has 0 N–H and O–H groups in total. The summed E-state index contributed by atoms with van der Waals surface area (Å²) in [7, 11) is 1.41. The second-order valence-corrected chi connectivity index (χ2v) is 4.85. The first kappa shape index (κ1) is 13.6. The van der Waals surface area contributed by atoms with Crippen LogP contribution in [0.4, 0.5) is 0 Å². The minimum atomic E-state index is -0.155. The molecule has 0 radical (unpaired) electrons. The van der Waals surface area contributed by atoms with Crippen LogP contribution >= 0.6 is 0 Å². The molecule has 1 aromatic rings. The van der Waals surface area contributed by atoms with E-state index in [0.29, 0.717) is 12.0 Å². The lowest BCUT2D eigenvalue weighted by atomic mass is 10.1. The van der Waals surface area contributed by atoms with Crippen molar-refractivity contribution in [2.75, 3.05) is 7.11 Å². The SMILES string of the molecule is COC(=O)[C@H]1CC[C@@H](Oc2ccc(C(C)=O)cc2)C1. The third-order valence-electron chi connectivity index (χ3n) is 3.48. The van der Waals surface area contributed by atoms with Gasteiger partial charge in [0.25, 0.3) is 0 Å². The lowest BCUT2D eigenvalue weighted by Gasteiger charge is -2.13. The minimum absolute atomic E-state index is 0.0400. The molecular weight excluding hydrogens is 244 g/mol. The molecule has 19 heavy (non-hydrogen) atoms. The Labute approximate surface area is 112 Å². The number of carbonyl (C=O) groups excluding carboxylic acids is 2. The lowest BCUT2D eigenvalue weighted by molar-refractivity contribution is -0.145. The van der Waals surface area contributed by atoms with Gasteiger partial charge < -0.3 is 9.47 Å². The number of ketones is 1. The summed E-state index contributed by atoms with van der Waals surface area (Å²) in [6.07, 6.45) is 2.41. The average Bonchev–Trinajstić information content (AvgIpc) is 2.87. The molecule has 4 heteroatoms. The first-order valence-corrected chi connectivity index (χ1v) is 6.45. The number of benzene rings is 1. The van der Waals surface area contributed by atoms with Crippen LogP contribution < -0.4 is 4.74 Å². The molecule has 1 aliphatic carbocycles. The van der Waals surface area contributed by atoms with E-state index in [0.717, 1.165) is 18.6 Å². The molecule has 0 aromatic heterocycles. The fraction of sp³-hybridized carbons (Fsp3) is 0.467. The van der Waals surface area contributed by atoms with E-state index in [2.05, 4.69) is 0 Å². The van der Waals surface area contributed by atoms with Crippen molar-refractivity contribution in [1.82, 2.24) is 0 Å². The van der Waals surface area contributed by atoms with Gasteiger partial charge in [-0.1, -0.05) is 0 Å². The zero-order valence-electron chi connectivity index (χ0n) is 11.2. The molecule has 1 aromatic carbocycles. The quantitative estimate of drug-likeness (QED) is 0.618. The first-order chi connectivity index (χ1) is 9.10. The highest BCUT2D eigenvalue weighted by Gasteiger charge is 2.31. The van der Waals surface area contributed by atoms with Crippen LogP contribution in [-0.2, 0) is 9.53 Å². The Morgan fingerprint density at radius 3 is 2.42 bits per heavy atom. The molecule has 0 saturated heterocycles. The van der Waals surface area contributed by atoms with Crippen molar-refractivity contribution >= 4 is 11.8 Å². The summed E-state index contributed by atoms with van der Waals surface area (Å²) in [5.41, 5.74) is 0.672. The number of Topliss-reactive ketones (excluding diaryl/α,β-unsaturated/α-hetero) is 1. The molecule has 1 aliphatic rings. The molecule has 2 atom stereocenters. The third kappa shape index (κ3) is 3.34. The third-order valence-corrected chi connectivity index (χ3v) is 3.48. The molecule has 0 aliphatic heterocycles. The maximum Gasteiger partial charge on any atom is 0.308 e. The number of rotatable bonds is 4. The van der Waals surface area contributed by atoms with Crippen LogP contribution in [0, 0.1) is 5.92 Å². The highest BCUT2D eigenvalue weighted by Crippen LogP contribution is 2.30. The van der Waals surface area contributed by atoms with E-state index in [4.69, 9.17) is 9.47 Å². The highest BCUT2D eigenvalue weighted by molar-refractivity contribution is 5.94. The molecule has 0 spiro atoms. The fourth-order valence-electron chi connectivity index (χ4n) is 2.39. The van der Waals surface area contributed by atoms with Crippen LogP contribution in [0.25, 0.3) is 0 Å². The van der Waals surface area contributed by atoms with Gasteiger partial charge in [0.15, 0.2) is 5.78 Å². The second kappa shape index (κ2) is 5.87. The molecule has 4 nitrogen and oxygen atoms in total. The molecule has 0 amide bonds. The summed E-state index contributed by atoms with van der Waals surface area (Å²) in [5.74, 6) is 0.572. The second-order valence-electron chi connectivity index (χ2n) is 4.85. The monoisotopic (exact) mass is 262 g/mol. The van der Waals surface area contributed by atoms with Gasteiger partial charge in [0.05, 0.1) is 19.1 Å². The van der Waals surface area contributed by atoms with E-state index in [9.17, 15) is 9.59 Å². The molecule has 1 saturated carbocycles. The van der Waals surface area contributed by atoms with Crippen LogP contribution in [0.1, 0.15) is 36.5 Å². The summed E-state index contributed by atoms with van der Waals surface area (Å²) in [4.78, 5) is 22.6. The predicted octanol–water partition coefficient (Wildman–Crippen LogP) is 2.61. The van der Waals surface area contributed by atoms with Crippen molar-refractivity contribution in [3.8, 4) is 5.75 Å². The Morgan fingerprint density at radius 2 is 1.84 bits per heavy atom. The molecule has 102 valence electrons. The largest absolute Gasteiger partial charge is 0.490 e. The molecule has 0 unspecified atom stereocenters. The Kier molecular flexibility index (Phi) is 4.20. The van der Waals surface area contributed by atoms with Crippen molar-refractivity contribution in [3.63, 3.8) is 0 Å². The Morgan fingerprint density at radius 1 is 1.16 bits per heavy atom. The minimum Gasteiger partial charge on any atom is -0.490 e. The van der Waals surface area contributed by atoms with Crippen molar-refractivity contribution in [2.24, 2.45) is 5.92 Å². The van der Waals surface area contributed by atoms with Gasteiger partial charge in [-0.25, -0.2) is 0 Å². The maximum absolute atomic E-state index is 11.4. The van der Waals surface area contributed by atoms with Gasteiger partial charge in [-0.05, 0) is 50.5 Å². The van der Waals surface area contributed by atoms with Crippen LogP contribution in [0.2, 0.25) is 0 Å². The van der Waals surface area contributed by atoms with Crippen molar-refractivity contribution < 1.29 is 19.1 Å². The van der Waals surface area contributed by atoms with E-state index < -0.39 is 0 Å². The van der Waals surface area contributed by atoms with E-state index in [1.54, 1.807) is 24.3 Å². The summed E-state index contributed by atoms with van der Waals surface area (Å²) >= 11 is 0. The Hall–Kier alpha value is -1.84. The number of esters is 1. The van der Waals surface area contributed by atoms with Crippen molar-refractivity contribution in [2.45, 2.75) is 32.3 Å². The Bertz CT molecular complexity index is 464. The number of ether oxygens (including phenoxy) is 2. The molecule has 1 fully saturated rings. The zero-order chi connectivity index (χ0) is 13.8. The van der Waals surface area contributed by atoms with Crippen LogP contribution in [-0.4, -0.2) is 25.0 Å². The average molecular weight is 262 g/mol. The number of hydrogen-bond acceptors (Lipinski definition) is 4. The molecular formula is C15H18O4. The Balaban J connectivity index is 1.92. The smallest absolute Gasteiger partial charge is 0.308 e. The summed E-state index contributed by atoms with van der Waals surface area (Å²) in [5, 5.41) is 0.